The number of nitrogens with zero attached hydrogens (tertiary/aromatic N) is 1. The maximum absolute atomic E-state index is 12.2. The third kappa shape index (κ3) is 5.73. The monoisotopic (exact) mass is 347 g/mol. The number of benzene rings is 1. The van der Waals surface area contributed by atoms with Crippen molar-refractivity contribution < 1.29 is 37.3 Å². The van der Waals surface area contributed by atoms with Gasteiger partial charge in [-0.25, -0.2) is 0 Å². The fraction of sp³-hybridized carbons (Fsp3) is 0.467. The van der Waals surface area contributed by atoms with E-state index < -0.39 is 18.4 Å². The molecule has 1 atom stereocenters. The van der Waals surface area contributed by atoms with Gasteiger partial charge in [0.15, 0.2) is 0 Å². The molecular formula is C15H16F3NO5. The highest BCUT2D eigenvalue weighted by Crippen LogP contribution is 2.23. The molecule has 1 aliphatic rings. The molecule has 0 spiro atoms. The van der Waals surface area contributed by atoms with E-state index in [1.807, 2.05) is 0 Å². The lowest BCUT2D eigenvalue weighted by molar-refractivity contribution is -0.274. The van der Waals surface area contributed by atoms with Crippen LogP contribution >= 0.6 is 0 Å². The molecule has 0 radical (unpaired) electrons. The number of hydrogen-bond donors (Lipinski definition) is 1. The number of carboxylic acid groups (broad SMARTS) is 1. The number of carboxylic acids is 1. The number of halogens is 3. The Labute approximate surface area is 135 Å². The SMILES string of the molecule is O=C(O)C[C@H]1CN(C(=O)Cc2ccc(OC(F)(F)F)cc2)CCO1. The molecule has 0 unspecified atom stereocenters. The lowest BCUT2D eigenvalue weighted by Crippen LogP contribution is -2.46. The Kier molecular flexibility index (Phi) is 5.66. The van der Waals surface area contributed by atoms with Crippen LogP contribution in [-0.4, -0.2) is 54.0 Å². The normalized spacial score (nSPS) is 18.3. The van der Waals surface area contributed by atoms with Gasteiger partial charge in [-0.05, 0) is 17.7 Å². The first-order chi connectivity index (χ1) is 11.2. The second kappa shape index (κ2) is 7.52. The minimum absolute atomic E-state index is 0.00604. The Morgan fingerprint density at radius 3 is 2.54 bits per heavy atom. The Morgan fingerprint density at radius 1 is 1.29 bits per heavy atom. The standard InChI is InChI=1S/C15H16F3NO5/c16-15(17,18)24-11-3-1-10(2-4-11)7-13(20)19-5-6-23-12(9-19)8-14(21)22/h1-4,12H,5-9H2,(H,21,22)/t12-/m0/s1. The zero-order valence-corrected chi connectivity index (χ0v) is 12.6. The molecule has 1 aromatic rings. The summed E-state index contributed by atoms with van der Waals surface area (Å²) in [5.74, 6) is -1.60. The molecule has 2 rings (SSSR count). The quantitative estimate of drug-likeness (QED) is 0.879. The number of alkyl halides is 3. The van der Waals surface area contributed by atoms with Crippen LogP contribution in [0.25, 0.3) is 0 Å². The van der Waals surface area contributed by atoms with Gasteiger partial charge in [0.1, 0.15) is 5.75 Å². The maximum Gasteiger partial charge on any atom is 0.573 e. The van der Waals surface area contributed by atoms with E-state index in [0.717, 1.165) is 12.1 Å². The van der Waals surface area contributed by atoms with E-state index in [1.165, 1.54) is 17.0 Å². The summed E-state index contributed by atoms with van der Waals surface area (Å²) in [7, 11) is 0. The summed E-state index contributed by atoms with van der Waals surface area (Å²) in [5.41, 5.74) is 0.538. The van der Waals surface area contributed by atoms with E-state index in [1.54, 1.807) is 0 Å². The molecule has 0 bridgehead atoms. The van der Waals surface area contributed by atoms with Crippen molar-refractivity contribution in [3.05, 3.63) is 29.8 Å². The van der Waals surface area contributed by atoms with Gasteiger partial charge in [-0.3, -0.25) is 9.59 Å². The van der Waals surface area contributed by atoms with Crippen LogP contribution in [0.15, 0.2) is 24.3 Å². The largest absolute Gasteiger partial charge is 0.573 e. The van der Waals surface area contributed by atoms with Gasteiger partial charge in [0, 0.05) is 13.1 Å². The first kappa shape index (κ1) is 18.1. The van der Waals surface area contributed by atoms with E-state index in [0.29, 0.717) is 12.1 Å². The average Bonchev–Trinajstić information content (AvgIpc) is 2.47. The number of morpholine rings is 1. The van der Waals surface area contributed by atoms with Gasteiger partial charge in [0.25, 0.3) is 0 Å². The number of hydrogen-bond acceptors (Lipinski definition) is 4. The molecule has 1 aliphatic heterocycles. The summed E-state index contributed by atoms with van der Waals surface area (Å²) in [6.45, 7) is 0.784. The Hall–Kier alpha value is -2.29. The molecule has 1 amide bonds. The van der Waals surface area contributed by atoms with Crippen LogP contribution in [0.1, 0.15) is 12.0 Å². The third-order valence-corrected chi connectivity index (χ3v) is 3.41. The number of ether oxygens (including phenoxy) is 2. The van der Waals surface area contributed by atoms with Crippen molar-refractivity contribution in [1.29, 1.82) is 0 Å². The first-order valence-corrected chi connectivity index (χ1v) is 7.19. The zero-order valence-electron chi connectivity index (χ0n) is 12.6. The van der Waals surface area contributed by atoms with Gasteiger partial charge in [0.2, 0.25) is 5.91 Å². The Bertz CT molecular complexity index is 588. The Balaban J connectivity index is 1.90. The van der Waals surface area contributed by atoms with Gasteiger partial charge in [0.05, 0.1) is 25.6 Å². The number of carbonyl (C=O) groups is 2. The summed E-state index contributed by atoms with van der Waals surface area (Å²) >= 11 is 0. The summed E-state index contributed by atoms with van der Waals surface area (Å²) in [5, 5.41) is 8.76. The van der Waals surface area contributed by atoms with Crippen LogP contribution in [0, 0.1) is 0 Å². The lowest BCUT2D eigenvalue weighted by Gasteiger charge is -2.32. The molecule has 1 saturated heterocycles. The van der Waals surface area contributed by atoms with E-state index in [4.69, 9.17) is 9.84 Å². The van der Waals surface area contributed by atoms with Crippen LogP contribution in [0.4, 0.5) is 13.2 Å². The van der Waals surface area contributed by atoms with Crippen LogP contribution in [0.5, 0.6) is 5.75 Å². The highest BCUT2D eigenvalue weighted by molar-refractivity contribution is 5.79. The fourth-order valence-electron chi connectivity index (χ4n) is 2.36. The second-order valence-electron chi connectivity index (χ2n) is 5.30. The fourth-order valence-corrected chi connectivity index (χ4v) is 2.36. The average molecular weight is 347 g/mol. The number of amides is 1. The van der Waals surface area contributed by atoms with Crippen molar-refractivity contribution in [2.45, 2.75) is 25.3 Å². The number of carbonyl (C=O) groups excluding carboxylic acids is 1. The minimum Gasteiger partial charge on any atom is -0.481 e. The summed E-state index contributed by atoms with van der Waals surface area (Å²) in [4.78, 5) is 24.4. The van der Waals surface area contributed by atoms with Crippen LogP contribution in [0.3, 0.4) is 0 Å². The minimum atomic E-state index is -4.76. The first-order valence-electron chi connectivity index (χ1n) is 7.19. The molecular weight excluding hydrogens is 331 g/mol. The predicted molar refractivity (Wildman–Crippen MR) is 75.4 cm³/mol. The van der Waals surface area contributed by atoms with Gasteiger partial charge < -0.3 is 19.5 Å². The molecule has 1 aromatic carbocycles. The van der Waals surface area contributed by atoms with E-state index in [2.05, 4.69) is 4.74 Å². The molecule has 1 fully saturated rings. The maximum atomic E-state index is 12.2. The molecule has 0 aromatic heterocycles. The summed E-state index contributed by atoms with van der Waals surface area (Å²) in [6, 6.07) is 5.05. The topological polar surface area (TPSA) is 76.1 Å². The molecule has 0 saturated carbocycles. The number of rotatable bonds is 5. The van der Waals surface area contributed by atoms with Crippen LogP contribution in [-0.2, 0) is 20.7 Å². The van der Waals surface area contributed by atoms with Crippen LogP contribution in [0.2, 0.25) is 0 Å². The molecule has 132 valence electrons. The van der Waals surface area contributed by atoms with Crippen molar-refractivity contribution in [2.24, 2.45) is 0 Å². The van der Waals surface area contributed by atoms with Gasteiger partial charge in [-0.1, -0.05) is 12.1 Å². The predicted octanol–water partition coefficient (Wildman–Crippen LogP) is 1.83. The highest BCUT2D eigenvalue weighted by Gasteiger charge is 2.31. The number of aliphatic carboxylic acids is 1. The van der Waals surface area contributed by atoms with Crippen LogP contribution < -0.4 is 4.74 Å². The highest BCUT2D eigenvalue weighted by atomic mass is 19.4. The molecule has 1 heterocycles. The van der Waals surface area contributed by atoms with Crippen molar-refractivity contribution in [1.82, 2.24) is 4.90 Å². The smallest absolute Gasteiger partial charge is 0.481 e. The van der Waals surface area contributed by atoms with E-state index in [9.17, 15) is 22.8 Å². The zero-order chi connectivity index (χ0) is 17.7. The Morgan fingerprint density at radius 2 is 1.96 bits per heavy atom. The molecule has 6 nitrogen and oxygen atoms in total. The van der Waals surface area contributed by atoms with Crippen molar-refractivity contribution in [2.75, 3.05) is 19.7 Å². The summed E-state index contributed by atoms with van der Waals surface area (Å²) in [6.07, 6.45) is -5.49. The van der Waals surface area contributed by atoms with E-state index in [-0.39, 0.29) is 37.6 Å². The molecule has 24 heavy (non-hydrogen) atoms. The third-order valence-electron chi connectivity index (χ3n) is 3.41. The van der Waals surface area contributed by atoms with Crippen molar-refractivity contribution in [3.8, 4) is 5.75 Å². The molecule has 0 aliphatic carbocycles. The molecule has 1 N–H and O–H groups in total. The van der Waals surface area contributed by atoms with Gasteiger partial charge in [-0.15, -0.1) is 13.2 Å². The van der Waals surface area contributed by atoms with Crippen molar-refractivity contribution in [3.63, 3.8) is 0 Å². The van der Waals surface area contributed by atoms with Crippen molar-refractivity contribution >= 4 is 11.9 Å². The van der Waals surface area contributed by atoms with Gasteiger partial charge in [-0.2, -0.15) is 0 Å². The lowest BCUT2D eigenvalue weighted by atomic mass is 10.1. The molecule has 9 heteroatoms. The van der Waals surface area contributed by atoms with Gasteiger partial charge >= 0.3 is 12.3 Å². The second-order valence-corrected chi connectivity index (χ2v) is 5.30. The summed E-state index contributed by atoms with van der Waals surface area (Å²) < 4.78 is 45.3. The van der Waals surface area contributed by atoms with E-state index >= 15 is 0 Å².